The van der Waals surface area contributed by atoms with Gasteiger partial charge in [-0.05, 0) is 42.0 Å². The third kappa shape index (κ3) is 4.22. The van der Waals surface area contributed by atoms with E-state index in [1.54, 1.807) is 0 Å². The van der Waals surface area contributed by atoms with Crippen LogP contribution in [0.3, 0.4) is 0 Å². The van der Waals surface area contributed by atoms with Gasteiger partial charge in [0.25, 0.3) is 5.91 Å². The van der Waals surface area contributed by atoms with Gasteiger partial charge in [-0.3, -0.25) is 15.1 Å². The van der Waals surface area contributed by atoms with E-state index < -0.39 is 40.3 Å². The Bertz CT molecular complexity index is 1140. The van der Waals surface area contributed by atoms with Crippen LogP contribution < -0.4 is 5.43 Å². The number of thioether (sulfide) groups is 1. The van der Waals surface area contributed by atoms with Gasteiger partial charge in [0.05, 0.1) is 11.1 Å². The molecule has 1 aliphatic rings. The second-order valence-corrected chi connectivity index (χ2v) is 7.54. The Morgan fingerprint density at radius 3 is 2.48 bits per heavy atom. The predicted molar refractivity (Wildman–Crippen MR) is 105 cm³/mol. The van der Waals surface area contributed by atoms with Crippen LogP contribution in [0.15, 0.2) is 54.6 Å². The number of rotatable bonds is 4. The predicted octanol–water partition coefficient (Wildman–Crippen LogP) is 4.90. The zero-order valence-corrected chi connectivity index (χ0v) is 16.4. The van der Waals surface area contributed by atoms with Crippen molar-refractivity contribution in [1.29, 1.82) is 0 Å². The number of hydrazine groups is 1. The molecule has 1 atom stereocenters. The molecular formula is C21H14F4N2O3S. The minimum atomic E-state index is -1.01. The van der Waals surface area contributed by atoms with Crippen molar-refractivity contribution in [3.8, 4) is 16.9 Å². The Morgan fingerprint density at radius 1 is 1.03 bits per heavy atom. The van der Waals surface area contributed by atoms with E-state index in [-0.39, 0.29) is 28.2 Å². The van der Waals surface area contributed by atoms with Crippen LogP contribution in [0, 0.1) is 23.3 Å². The van der Waals surface area contributed by atoms with E-state index in [0.29, 0.717) is 6.07 Å². The van der Waals surface area contributed by atoms with Gasteiger partial charge < -0.3 is 5.11 Å². The Labute approximate surface area is 178 Å². The monoisotopic (exact) mass is 450 g/mol. The summed E-state index contributed by atoms with van der Waals surface area (Å²) < 4.78 is 55.6. The van der Waals surface area contributed by atoms with E-state index in [2.05, 4.69) is 5.43 Å². The molecule has 1 unspecified atom stereocenters. The Morgan fingerprint density at radius 2 is 1.77 bits per heavy atom. The minimum Gasteiger partial charge on any atom is -0.507 e. The topological polar surface area (TPSA) is 61.8 Å². The van der Waals surface area contributed by atoms with Crippen LogP contribution in [0.5, 0.6) is 5.75 Å². The number of halogens is 4. The van der Waals surface area contributed by atoms with E-state index in [1.165, 1.54) is 30.3 Å². The summed E-state index contributed by atoms with van der Waals surface area (Å²) in [6.45, 7) is 0. The number of nitrogens with one attached hydrogen (secondary N) is 1. The Balaban J connectivity index is 1.61. The molecule has 0 aliphatic carbocycles. The summed E-state index contributed by atoms with van der Waals surface area (Å²) >= 11 is 1.04. The quantitative estimate of drug-likeness (QED) is 0.554. The molecule has 1 amide bonds. The van der Waals surface area contributed by atoms with E-state index in [1.807, 2.05) is 0 Å². The number of nitrogens with zero attached hydrogens (tertiary/aromatic N) is 1. The first-order chi connectivity index (χ1) is 14.8. The van der Waals surface area contributed by atoms with Crippen molar-refractivity contribution in [3.63, 3.8) is 0 Å². The molecule has 0 bridgehead atoms. The number of benzene rings is 3. The summed E-state index contributed by atoms with van der Waals surface area (Å²) in [5.41, 5.74) is 2.05. The number of carbonyl (C=O) groups excluding carboxylic acids is 1. The molecule has 0 spiro atoms. The lowest BCUT2D eigenvalue weighted by atomic mass is 10.0. The fourth-order valence-corrected chi connectivity index (χ4v) is 4.04. The molecular weight excluding hydrogens is 436 g/mol. The average molecular weight is 450 g/mol. The summed E-state index contributed by atoms with van der Waals surface area (Å²) in [6, 6.07) is 10.1. The van der Waals surface area contributed by atoms with Crippen molar-refractivity contribution in [2.45, 2.75) is 5.37 Å². The highest BCUT2D eigenvalue weighted by molar-refractivity contribution is 7.99. The standard InChI is InChI=1S/C21H14F4N2O3S/c22-12-5-6-13(17(25)9-12)11-4-7-18(28)14(8-11)20(29)26-27-21(31-10-30-27)19-15(23)2-1-3-16(19)24/h1-9,21,28H,10H2,(H,26,29). The highest BCUT2D eigenvalue weighted by atomic mass is 32.2. The van der Waals surface area contributed by atoms with Crippen LogP contribution in [-0.2, 0) is 4.84 Å². The molecule has 3 aromatic carbocycles. The zero-order chi connectivity index (χ0) is 22.1. The first-order valence-corrected chi connectivity index (χ1v) is 9.97. The van der Waals surface area contributed by atoms with Gasteiger partial charge >= 0.3 is 0 Å². The van der Waals surface area contributed by atoms with E-state index in [9.17, 15) is 27.5 Å². The molecule has 0 aromatic heterocycles. The van der Waals surface area contributed by atoms with Crippen LogP contribution in [0.25, 0.3) is 11.1 Å². The maximum atomic E-state index is 14.2. The van der Waals surface area contributed by atoms with Crippen molar-refractivity contribution in [3.05, 3.63) is 89.0 Å². The van der Waals surface area contributed by atoms with Crippen LogP contribution >= 0.6 is 11.8 Å². The number of amides is 1. The maximum Gasteiger partial charge on any atom is 0.271 e. The van der Waals surface area contributed by atoms with Gasteiger partial charge in [0.15, 0.2) is 0 Å². The molecule has 10 heteroatoms. The summed E-state index contributed by atoms with van der Waals surface area (Å²) in [5.74, 6) is -4.46. The van der Waals surface area contributed by atoms with Crippen molar-refractivity contribution in [1.82, 2.24) is 10.6 Å². The van der Waals surface area contributed by atoms with Crippen molar-refractivity contribution in [2.75, 3.05) is 5.94 Å². The van der Waals surface area contributed by atoms with E-state index in [4.69, 9.17) is 4.84 Å². The first-order valence-electron chi connectivity index (χ1n) is 8.92. The second kappa shape index (κ2) is 8.58. The molecule has 5 nitrogen and oxygen atoms in total. The van der Waals surface area contributed by atoms with E-state index in [0.717, 1.165) is 35.1 Å². The fraction of sp³-hybridized carbons (Fsp3) is 0.0952. The largest absolute Gasteiger partial charge is 0.507 e. The van der Waals surface area contributed by atoms with Crippen LogP contribution in [0.4, 0.5) is 17.6 Å². The summed E-state index contributed by atoms with van der Waals surface area (Å²) in [5, 5.41) is 9.99. The van der Waals surface area contributed by atoms with Crippen LogP contribution in [-0.4, -0.2) is 22.1 Å². The molecule has 0 radical (unpaired) electrons. The SMILES string of the molecule is O=C(NN1OCSC1c1c(F)cccc1F)c1cc(-c2ccc(F)cc2F)ccc1O. The highest BCUT2D eigenvalue weighted by Crippen LogP contribution is 2.40. The van der Waals surface area contributed by atoms with Gasteiger partial charge in [0, 0.05) is 11.6 Å². The number of phenolic OH excluding ortho intramolecular Hbond substituents is 1. The lowest BCUT2D eigenvalue weighted by molar-refractivity contribution is -0.163. The number of hydrogen-bond donors (Lipinski definition) is 2. The molecule has 160 valence electrons. The average Bonchev–Trinajstić information content (AvgIpc) is 3.16. The third-order valence-corrected chi connectivity index (χ3v) is 5.56. The lowest BCUT2D eigenvalue weighted by Crippen LogP contribution is -2.41. The normalized spacial score (nSPS) is 16.5. The first kappa shape index (κ1) is 21.2. The number of carbonyl (C=O) groups is 1. The number of hydrogen-bond acceptors (Lipinski definition) is 5. The van der Waals surface area contributed by atoms with Gasteiger partial charge in [-0.2, -0.15) is 0 Å². The minimum absolute atomic E-state index is 0.0194. The number of aromatic hydroxyl groups is 1. The molecule has 2 N–H and O–H groups in total. The Kier molecular flexibility index (Phi) is 5.86. The molecule has 1 saturated heterocycles. The summed E-state index contributed by atoms with van der Waals surface area (Å²) in [4.78, 5) is 18.0. The fourth-order valence-electron chi connectivity index (χ4n) is 3.09. The van der Waals surface area contributed by atoms with Gasteiger partial charge in [0.2, 0.25) is 0 Å². The van der Waals surface area contributed by atoms with Crippen LogP contribution in [0.2, 0.25) is 0 Å². The van der Waals surface area contributed by atoms with Gasteiger partial charge in [0.1, 0.15) is 40.3 Å². The molecule has 4 rings (SSSR count). The molecule has 1 aliphatic heterocycles. The maximum absolute atomic E-state index is 14.2. The van der Waals surface area contributed by atoms with Crippen molar-refractivity contribution in [2.24, 2.45) is 0 Å². The molecule has 1 fully saturated rings. The number of hydroxylamine groups is 1. The summed E-state index contributed by atoms with van der Waals surface area (Å²) in [7, 11) is 0. The lowest BCUT2D eigenvalue weighted by Gasteiger charge is -2.23. The second-order valence-electron chi connectivity index (χ2n) is 6.52. The molecule has 3 aromatic rings. The van der Waals surface area contributed by atoms with Gasteiger partial charge in [-0.25, -0.2) is 17.6 Å². The van der Waals surface area contributed by atoms with E-state index >= 15 is 0 Å². The van der Waals surface area contributed by atoms with Crippen LogP contribution in [0.1, 0.15) is 21.3 Å². The molecule has 1 heterocycles. The molecule has 0 saturated carbocycles. The zero-order valence-electron chi connectivity index (χ0n) is 15.6. The van der Waals surface area contributed by atoms with Gasteiger partial charge in [-0.15, -0.1) is 11.8 Å². The Hall–Kier alpha value is -3.08. The molecule has 31 heavy (non-hydrogen) atoms. The third-order valence-electron chi connectivity index (χ3n) is 4.57. The van der Waals surface area contributed by atoms with Crippen molar-refractivity contribution < 1.29 is 32.3 Å². The smallest absolute Gasteiger partial charge is 0.271 e. The number of phenols is 1. The van der Waals surface area contributed by atoms with Gasteiger partial charge in [-0.1, -0.05) is 17.3 Å². The highest BCUT2D eigenvalue weighted by Gasteiger charge is 2.34. The summed E-state index contributed by atoms with van der Waals surface area (Å²) in [6.07, 6.45) is 0. The van der Waals surface area contributed by atoms with Crippen molar-refractivity contribution >= 4 is 17.7 Å².